The minimum Gasteiger partial charge on any atom is -0.343 e. The molecule has 2 aromatic rings. The van der Waals surface area contributed by atoms with Gasteiger partial charge < -0.3 is 10.2 Å². The van der Waals surface area contributed by atoms with E-state index in [1.807, 2.05) is 42.5 Å². The van der Waals surface area contributed by atoms with Crippen LogP contribution < -0.4 is 5.32 Å². The second kappa shape index (κ2) is 4.96. The highest BCUT2D eigenvalue weighted by Crippen LogP contribution is 2.20. The van der Waals surface area contributed by atoms with E-state index in [1.165, 1.54) is 0 Å². The standard InChI is InChI=1S/C16H16N2O2.H2/c1-11-16(20)18(10-15(19)17-11)9-13-7-4-6-12-5-2-3-8-14(12)13;/h2-8,11H,9-10H2,1H3,(H,17,19);1H. The van der Waals surface area contributed by atoms with Gasteiger partial charge in [0.1, 0.15) is 6.04 Å². The summed E-state index contributed by atoms with van der Waals surface area (Å²) in [7, 11) is 0. The number of rotatable bonds is 2. The molecular weight excluding hydrogens is 252 g/mol. The number of hydrogen-bond acceptors (Lipinski definition) is 2. The van der Waals surface area contributed by atoms with Crippen LogP contribution in [0.15, 0.2) is 42.5 Å². The first-order chi connectivity index (χ1) is 9.65. The monoisotopic (exact) mass is 270 g/mol. The van der Waals surface area contributed by atoms with Crippen LogP contribution in [0.3, 0.4) is 0 Å². The smallest absolute Gasteiger partial charge is 0.245 e. The summed E-state index contributed by atoms with van der Waals surface area (Å²) in [6.45, 7) is 2.32. The lowest BCUT2D eigenvalue weighted by atomic mass is 10.0. The Morgan fingerprint density at radius 2 is 1.95 bits per heavy atom. The van der Waals surface area contributed by atoms with E-state index in [0.717, 1.165) is 16.3 Å². The first-order valence-corrected chi connectivity index (χ1v) is 6.70. The third-order valence-corrected chi connectivity index (χ3v) is 3.64. The molecule has 1 N–H and O–H groups in total. The number of benzene rings is 2. The Balaban J connectivity index is 0.00000161. The van der Waals surface area contributed by atoms with Crippen molar-refractivity contribution >= 4 is 22.6 Å². The highest BCUT2D eigenvalue weighted by atomic mass is 16.2. The lowest BCUT2D eigenvalue weighted by Crippen LogP contribution is -2.56. The average molecular weight is 270 g/mol. The van der Waals surface area contributed by atoms with Crippen molar-refractivity contribution in [3.63, 3.8) is 0 Å². The van der Waals surface area contributed by atoms with E-state index < -0.39 is 6.04 Å². The van der Waals surface area contributed by atoms with E-state index in [0.29, 0.717) is 6.54 Å². The fourth-order valence-electron chi connectivity index (χ4n) is 2.64. The maximum absolute atomic E-state index is 12.1. The lowest BCUT2D eigenvalue weighted by Gasteiger charge is -2.31. The minimum atomic E-state index is -0.439. The molecule has 0 aromatic heterocycles. The molecule has 1 heterocycles. The van der Waals surface area contributed by atoms with Crippen LogP contribution in [0.2, 0.25) is 0 Å². The highest BCUT2D eigenvalue weighted by molar-refractivity contribution is 5.95. The maximum atomic E-state index is 12.1. The van der Waals surface area contributed by atoms with Crippen molar-refractivity contribution in [3.8, 4) is 0 Å². The van der Waals surface area contributed by atoms with Crippen molar-refractivity contribution in [3.05, 3.63) is 48.0 Å². The first-order valence-electron chi connectivity index (χ1n) is 6.70. The summed E-state index contributed by atoms with van der Waals surface area (Å²) in [4.78, 5) is 25.3. The predicted molar refractivity (Wildman–Crippen MR) is 79.1 cm³/mol. The molecule has 1 aliphatic rings. The number of amides is 2. The van der Waals surface area contributed by atoms with Crippen LogP contribution in [0.25, 0.3) is 10.8 Å². The number of nitrogens with one attached hydrogen (secondary N) is 1. The molecule has 1 aliphatic heterocycles. The van der Waals surface area contributed by atoms with E-state index in [-0.39, 0.29) is 19.8 Å². The van der Waals surface area contributed by atoms with Crippen LogP contribution in [0, 0.1) is 0 Å². The molecule has 104 valence electrons. The van der Waals surface area contributed by atoms with Crippen LogP contribution >= 0.6 is 0 Å². The van der Waals surface area contributed by atoms with Crippen molar-refractivity contribution in [2.75, 3.05) is 6.54 Å². The van der Waals surface area contributed by atoms with Gasteiger partial charge in [0.15, 0.2) is 0 Å². The summed E-state index contributed by atoms with van der Waals surface area (Å²) >= 11 is 0. The van der Waals surface area contributed by atoms with Crippen molar-refractivity contribution < 1.29 is 11.0 Å². The van der Waals surface area contributed by atoms with Gasteiger partial charge in [-0.1, -0.05) is 42.5 Å². The summed E-state index contributed by atoms with van der Waals surface area (Å²) in [6, 6.07) is 13.7. The molecule has 0 bridgehead atoms. The molecule has 3 rings (SSSR count). The Bertz CT molecular complexity index is 682. The molecule has 1 fully saturated rings. The van der Waals surface area contributed by atoms with E-state index in [2.05, 4.69) is 5.32 Å². The second-order valence-electron chi connectivity index (χ2n) is 5.12. The summed E-state index contributed by atoms with van der Waals surface area (Å²) in [6.07, 6.45) is 0. The molecule has 4 heteroatoms. The minimum absolute atomic E-state index is 0. The number of carbonyl (C=O) groups is 2. The second-order valence-corrected chi connectivity index (χ2v) is 5.12. The summed E-state index contributed by atoms with van der Waals surface area (Å²) in [5.74, 6) is -0.130. The summed E-state index contributed by atoms with van der Waals surface area (Å²) in [5.41, 5.74) is 1.07. The zero-order valence-electron chi connectivity index (χ0n) is 11.3. The molecule has 0 aliphatic carbocycles. The average Bonchev–Trinajstić information content (AvgIpc) is 2.44. The summed E-state index contributed by atoms with van der Waals surface area (Å²) < 4.78 is 0. The van der Waals surface area contributed by atoms with Crippen LogP contribution in [0.5, 0.6) is 0 Å². The molecule has 1 unspecified atom stereocenters. The topological polar surface area (TPSA) is 49.4 Å². The van der Waals surface area contributed by atoms with Gasteiger partial charge in [-0.05, 0) is 23.3 Å². The third kappa shape index (κ3) is 2.25. The summed E-state index contributed by atoms with van der Waals surface area (Å²) in [5, 5.41) is 4.92. The fraction of sp³-hybridized carbons (Fsp3) is 0.250. The number of piperazine rings is 1. The SMILES string of the molecule is CC1NC(=O)CN(Cc2cccc3ccccc23)C1=O.[HH]. The predicted octanol–water partition coefficient (Wildman–Crippen LogP) is 1.93. The Morgan fingerprint density at radius 3 is 2.80 bits per heavy atom. The molecule has 4 nitrogen and oxygen atoms in total. The van der Waals surface area contributed by atoms with E-state index in [9.17, 15) is 9.59 Å². The Kier molecular flexibility index (Phi) is 3.14. The van der Waals surface area contributed by atoms with Gasteiger partial charge in [-0.25, -0.2) is 0 Å². The molecule has 20 heavy (non-hydrogen) atoms. The van der Waals surface area contributed by atoms with Gasteiger partial charge in [0, 0.05) is 7.97 Å². The maximum Gasteiger partial charge on any atom is 0.245 e. The van der Waals surface area contributed by atoms with Crippen LogP contribution in [-0.4, -0.2) is 29.3 Å². The van der Waals surface area contributed by atoms with Crippen LogP contribution in [-0.2, 0) is 16.1 Å². The molecule has 2 amide bonds. The Hall–Kier alpha value is -2.36. The number of fused-ring (bicyclic) bond motifs is 1. The number of nitrogens with zero attached hydrogens (tertiary/aromatic N) is 1. The fourth-order valence-corrected chi connectivity index (χ4v) is 2.64. The van der Waals surface area contributed by atoms with Gasteiger partial charge in [-0.2, -0.15) is 0 Å². The highest BCUT2D eigenvalue weighted by Gasteiger charge is 2.29. The van der Waals surface area contributed by atoms with Crippen molar-refractivity contribution in [1.82, 2.24) is 10.2 Å². The number of carbonyl (C=O) groups excluding carboxylic acids is 2. The quantitative estimate of drug-likeness (QED) is 0.906. The van der Waals surface area contributed by atoms with Crippen LogP contribution in [0.4, 0.5) is 0 Å². The first kappa shape index (κ1) is 12.7. The van der Waals surface area contributed by atoms with Crippen molar-refractivity contribution in [1.29, 1.82) is 0 Å². The van der Waals surface area contributed by atoms with Crippen LogP contribution in [0.1, 0.15) is 13.9 Å². The Labute approximate surface area is 118 Å². The van der Waals surface area contributed by atoms with Gasteiger partial charge >= 0.3 is 0 Å². The van der Waals surface area contributed by atoms with Gasteiger partial charge in [0.25, 0.3) is 0 Å². The Morgan fingerprint density at radius 1 is 1.20 bits per heavy atom. The molecule has 0 spiro atoms. The molecule has 0 saturated carbocycles. The van der Waals surface area contributed by atoms with E-state index in [1.54, 1.807) is 11.8 Å². The van der Waals surface area contributed by atoms with Gasteiger partial charge in [0.05, 0.1) is 6.54 Å². The van der Waals surface area contributed by atoms with Crippen molar-refractivity contribution in [2.24, 2.45) is 0 Å². The molecule has 1 saturated heterocycles. The number of hydrogen-bond donors (Lipinski definition) is 1. The molecular formula is C16H18N2O2. The van der Waals surface area contributed by atoms with Gasteiger partial charge in [-0.3, -0.25) is 9.59 Å². The molecule has 0 radical (unpaired) electrons. The normalized spacial score (nSPS) is 19.2. The molecule has 1 atom stereocenters. The zero-order valence-corrected chi connectivity index (χ0v) is 11.3. The van der Waals surface area contributed by atoms with E-state index >= 15 is 0 Å². The third-order valence-electron chi connectivity index (χ3n) is 3.64. The van der Waals surface area contributed by atoms with Gasteiger partial charge in [0.2, 0.25) is 11.8 Å². The lowest BCUT2D eigenvalue weighted by molar-refractivity contribution is -0.144. The zero-order chi connectivity index (χ0) is 14.1. The molecule has 2 aromatic carbocycles. The largest absolute Gasteiger partial charge is 0.343 e. The van der Waals surface area contributed by atoms with E-state index in [4.69, 9.17) is 0 Å². The van der Waals surface area contributed by atoms with Gasteiger partial charge in [-0.15, -0.1) is 0 Å². The van der Waals surface area contributed by atoms with Crippen molar-refractivity contribution in [2.45, 2.75) is 19.5 Å².